The van der Waals surface area contributed by atoms with Gasteiger partial charge in [-0.05, 0) is 122 Å². The molecule has 0 saturated heterocycles. The van der Waals surface area contributed by atoms with E-state index in [2.05, 4.69) is 117 Å². The first-order chi connectivity index (χ1) is 26.0. The number of carbonyl (C=O) groups is 1. The van der Waals surface area contributed by atoms with Crippen LogP contribution in [0.5, 0.6) is 0 Å². The Balaban J connectivity index is 0.000000329. The summed E-state index contributed by atoms with van der Waals surface area (Å²) in [5.41, 5.74) is 10.3. The van der Waals surface area contributed by atoms with Crippen molar-refractivity contribution in [2.24, 2.45) is 22.2 Å². The van der Waals surface area contributed by atoms with Crippen LogP contribution in [0.25, 0.3) is 32.9 Å². The fraction of sp³-hybridized carbons (Fsp3) is 0.560. The number of allylic oxidation sites excluding steroid dienone is 2. The van der Waals surface area contributed by atoms with Gasteiger partial charge < -0.3 is 5.11 Å². The Morgan fingerprint density at radius 3 is 2.07 bits per heavy atom. The second-order valence-corrected chi connectivity index (χ2v) is 20.4. The number of aliphatic hydroxyl groups is 1. The molecule has 3 aliphatic rings. The van der Waals surface area contributed by atoms with E-state index in [9.17, 15) is 18.0 Å². The number of benzene rings is 3. The van der Waals surface area contributed by atoms with Crippen LogP contribution in [-0.2, 0) is 30.3 Å². The minimum Gasteiger partial charge on any atom is -0.504 e. The number of hydrogen-bond donors (Lipinski definition) is 1. The summed E-state index contributed by atoms with van der Waals surface area (Å²) in [5.74, 6) is -2.16. The molecule has 1 aromatic heterocycles. The van der Waals surface area contributed by atoms with Crippen LogP contribution in [-0.4, -0.2) is 22.1 Å². The largest absolute Gasteiger partial charge is 0.504 e. The normalized spacial score (nSPS) is 20.2. The summed E-state index contributed by atoms with van der Waals surface area (Å²) in [7, 11) is 0. The molecule has 7 rings (SSSR count). The van der Waals surface area contributed by atoms with Crippen molar-refractivity contribution >= 4 is 27.5 Å². The van der Waals surface area contributed by atoms with Crippen molar-refractivity contribution in [3.8, 4) is 11.3 Å². The third-order valence-electron chi connectivity index (χ3n) is 12.9. The predicted molar refractivity (Wildman–Crippen MR) is 225 cm³/mol. The Hall–Kier alpha value is -3.02. The van der Waals surface area contributed by atoms with Crippen LogP contribution in [0.2, 0.25) is 0 Å². The number of rotatable bonds is 4. The standard InChI is InChI=1S/C40H50N.C10H13F3O2.Ir/c1-26-18-27(2)36-32(28-14-16-40(17-15-28)24-38(6,7)23-39(8,9)25-40)22-34(41-35(36)19-26)30-20-29-12-10-11-13-31(29)33(21-30)37(3,4)5;11-10(12,13)9(15)6-8(14)7-4-2-1-3-5-7;/h10-13,18-19,21-22,28H,14-17,23-25H2,1-9H3;6-7,15H,1-5H2;/q-1;;/b;9-6-;. The van der Waals surface area contributed by atoms with Crippen LogP contribution in [0.15, 0.2) is 60.4 Å². The number of aliphatic hydroxyl groups excluding tert-OH is 1. The van der Waals surface area contributed by atoms with Crippen molar-refractivity contribution in [3.63, 3.8) is 0 Å². The van der Waals surface area contributed by atoms with Crippen molar-refractivity contribution in [3.05, 3.63) is 88.7 Å². The van der Waals surface area contributed by atoms with Crippen molar-refractivity contribution < 1.29 is 43.2 Å². The molecule has 1 radical (unpaired) electrons. The Bertz CT molecular complexity index is 2090. The maximum absolute atomic E-state index is 11.9. The zero-order chi connectivity index (χ0) is 40.8. The van der Waals surface area contributed by atoms with E-state index < -0.39 is 17.7 Å². The zero-order valence-corrected chi connectivity index (χ0v) is 38.0. The van der Waals surface area contributed by atoms with E-state index >= 15 is 0 Å². The number of pyridine rings is 1. The molecule has 1 heterocycles. The number of fused-ring (bicyclic) bond motifs is 2. The van der Waals surface area contributed by atoms with Crippen LogP contribution >= 0.6 is 0 Å². The molecule has 3 aliphatic carbocycles. The number of nitrogens with zero attached hydrogens (tertiary/aromatic N) is 1. The Morgan fingerprint density at radius 2 is 1.47 bits per heavy atom. The molecule has 4 aromatic rings. The minimum atomic E-state index is -4.82. The number of ketones is 1. The second-order valence-electron chi connectivity index (χ2n) is 20.4. The summed E-state index contributed by atoms with van der Waals surface area (Å²) in [4.78, 5) is 16.7. The molecule has 3 fully saturated rings. The molecule has 311 valence electrons. The Labute approximate surface area is 353 Å². The van der Waals surface area contributed by atoms with E-state index in [0.29, 0.717) is 41.1 Å². The molecule has 3 nitrogen and oxygen atoms in total. The van der Waals surface area contributed by atoms with E-state index in [1.54, 1.807) is 0 Å². The van der Waals surface area contributed by atoms with Gasteiger partial charge in [0.05, 0.1) is 5.52 Å². The van der Waals surface area contributed by atoms with Crippen molar-refractivity contribution in [2.45, 2.75) is 157 Å². The predicted octanol–water partition coefficient (Wildman–Crippen LogP) is 14.8. The fourth-order valence-electron chi connectivity index (χ4n) is 11.4. The van der Waals surface area contributed by atoms with E-state index in [-0.39, 0.29) is 31.4 Å². The van der Waals surface area contributed by atoms with Crippen LogP contribution in [0, 0.1) is 42.1 Å². The van der Waals surface area contributed by atoms with E-state index in [0.717, 1.165) is 36.0 Å². The maximum atomic E-state index is 11.9. The van der Waals surface area contributed by atoms with Gasteiger partial charge in [-0.3, -0.25) is 9.78 Å². The molecule has 0 atom stereocenters. The fourth-order valence-corrected chi connectivity index (χ4v) is 11.4. The number of carbonyl (C=O) groups excluding carboxylic acids is 1. The van der Waals surface area contributed by atoms with Gasteiger partial charge >= 0.3 is 6.18 Å². The molecule has 1 N–H and O–H groups in total. The van der Waals surface area contributed by atoms with E-state index in [1.807, 2.05) is 0 Å². The van der Waals surface area contributed by atoms with Crippen molar-refractivity contribution in [1.82, 2.24) is 4.98 Å². The molecular weight excluding hydrogens is 896 g/mol. The third-order valence-corrected chi connectivity index (χ3v) is 12.9. The summed E-state index contributed by atoms with van der Waals surface area (Å²) in [6, 6.07) is 22.0. The smallest absolute Gasteiger partial charge is 0.448 e. The van der Waals surface area contributed by atoms with Crippen LogP contribution in [0.1, 0.15) is 154 Å². The summed E-state index contributed by atoms with van der Waals surface area (Å²) < 4.78 is 35.7. The number of aromatic nitrogens is 1. The second kappa shape index (κ2) is 16.9. The van der Waals surface area contributed by atoms with Gasteiger partial charge in [0.15, 0.2) is 5.78 Å². The monoisotopic (exact) mass is 959 g/mol. The first-order valence-electron chi connectivity index (χ1n) is 20.9. The van der Waals surface area contributed by atoms with Gasteiger partial charge in [-0.1, -0.05) is 109 Å². The molecule has 57 heavy (non-hydrogen) atoms. The number of alkyl halides is 3. The molecular formula is C50H63F3IrNO2-. The maximum Gasteiger partial charge on any atom is 0.448 e. The van der Waals surface area contributed by atoms with Gasteiger partial charge in [-0.25, -0.2) is 0 Å². The first-order valence-corrected chi connectivity index (χ1v) is 20.9. The SMILES string of the molecule is Cc1cc(C)c2c(C3CCC4(CC3)CC(C)(C)CC(C)(C)C4)cc(-c3[c-]c4ccccc4c(C(C)(C)C)c3)nc2c1.O=C(/C=C(\O)C(F)(F)F)C1CCCCC1.[Ir]. The Morgan fingerprint density at radius 1 is 0.860 bits per heavy atom. The van der Waals surface area contributed by atoms with Crippen molar-refractivity contribution in [2.75, 3.05) is 0 Å². The summed E-state index contributed by atoms with van der Waals surface area (Å²) in [5, 5.41) is 12.5. The van der Waals surface area contributed by atoms with E-state index in [4.69, 9.17) is 10.1 Å². The molecule has 0 unspecified atom stereocenters. The van der Waals surface area contributed by atoms with Gasteiger partial charge in [-0.15, -0.1) is 29.1 Å². The molecule has 1 spiro atoms. The average Bonchev–Trinajstić information content (AvgIpc) is 3.09. The molecule has 0 aliphatic heterocycles. The summed E-state index contributed by atoms with van der Waals surface area (Å²) in [6.07, 6.45) is 8.92. The summed E-state index contributed by atoms with van der Waals surface area (Å²) >= 11 is 0. The van der Waals surface area contributed by atoms with Gasteiger partial charge in [0.1, 0.15) is 0 Å². The van der Waals surface area contributed by atoms with E-state index in [1.165, 1.54) is 83.4 Å². The van der Waals surface area contributed by atoms with Gasteiger partial charge in [0.2, 0.25) is 5.76 Å². The molecule has 0 amide bonds. The third kappa shape index (κ3) is 10.6. The van der Waals surface area contributed by atoms with Crippen LogP contribution in [0.4, 0.5) is 13.2 Å². The number of hydrogen-bond acceptors (Lipinski definition) is 3. The van der Waals surface area contributed by atoms with Gasteiger partial charge in [0, 0.05) is 43.2 Å². The van der Waals surface area contributed by atoms with Crippen molar-refractivity contribution in [1.29, 1.82) is 0 Å². The quantitative estimate of drug-likeness (QED) is 0.126. The number of aryl methyl sites for hydroxylation is 2. The average molecular weight is 959 g/mol. The van der Waals surface area contributed by atoms with Gasteiger partial charge in [0.25, 0.3) is 0 Å². The molecule has 3 aromatic carbocycles. The minimum absolute atomic E-state index is 0. The Kier molecular flexibility index (Phi) is 13.4. The molecule has 0 bridgehead atoms. The van der Waals surface area contributed by atoms with Crippen LogP contribution < -0.4 is 0 Å². The molecule has 7 heteroatoms. The topological polar surface area (TPSA) is 50.2 Å². The molecule has 3 saturated carbocycles. The number of halogens is 3. The first kappa shape index (κ1) is 45.1. The zero-order valence-electron chi connectivity index (χ0n) is 35.6. The summed E-state index contributed by atoms with van der Waals surface area (Å²) in [6.45, 7) is 21.5. The van der Waals surface area contributed by atoms with Gasteiger partial charge in [-0.2, -0.15) is 13.2 Å². The van der Waals surface area contributed by atoms with Crippen LogP contribution in [0.3, 0.4) is 0 Å².